The molecule has 0 atom stereocenters. The number of anilines is 3. The molecule has 2 rings (SSSR count). The number of hydrogen-bond donors (Lipinski definition) is 1. The summed E-state index contributed by atoms with van der Waals surface area (Å²) < 4.78 is 18.6. The Morgan fingerprint density at radius 3 is 2.71 bits per heavy atom. The van der Waals surface area contributed by atoms with Crippen LogP contribution in [0, 0.1) is 5.82 Å². The number of pyridine rings is 1. The number of ether oxygens (including phenoxy) is 1. The summed E-state index contributed by atoms with van der Waals surface area (Å²) in [7, 11) is 1.27. The van der Waals surface area contributed by atoms with Crippen LogP contribution in [0.5, 0.6) is 0 Å². The molecule has 1 aromatic carbocycles. The van der Waals surface area contributed by atoms with Crippen LogP contribution >= 0.6 is 0 Å². The number of nitrogen functional groups attached to an aromatic ring is 1. The number of nitrogens with zero attached hydrogens (tertiary/aromatic N) is 2. The van der Waals surface area contributed by atoms with Gasteiger partial charge in [0.25, 0.3) is 0 Å². The molecule has 0 saturated carbocycles. The van der Waals surface area contributed by atoms with E-state index >= 15 is 0 Å². The van der Waals surface area contributed by atoms with E-state index in [4.69, 9.17) is 5.73 Å². The zero-order chi connectivity index (χ0) is 15.4. The second-order valence-electron chi connectivity index (χ2n) is 4.28. The summed E-state index contributed by atoms with van der Waals surface area (Å²) in [6.07, 6.45) is 1.45. The fraction of sp³-hybridized carbons (Fsp3) is 0.200. The molecule has 0 spiro atoms. The van der Waals surface area contributed by atoms with Crippen molar-refractivity contribution in [2.45, 2.75) is 6.92 Å². The molecule has 0 fully saturated rings. The third-order valence-corrected chi connectivity index (χ3v) is 3.09. The van der Waals surface area contributed by atoms with Gasteiger partial charge in [0.15, 0.2) is 5.82 Å². The minimum Gasteiger partial charge on any atom is -0.465 e. The maximum absolute atomic E-state index is 14.0. The van der Waals surface area contributed by atoms with Gasteiger partial charge in [0, 0.05) is 12.7 Å². The number of hydrogen-bond acceptors (Lipinski definition) is 5. The predicted molar refractivity (Wildman–Crippen MR) is 79.1 cm³/mol. The second kappa shape index (κ2) is 6.21. The molecule has 0 aliphatic rings. The van der Waals surface area contributed by atoms with Crippen LogP contribution in [0.4, 0.5) is 21.6 Å². The quantitative estimate of drug-likeness (QED) is 0.876. The minimum absolute atomic E-state index is 0.162. The normalized spacial score (nSPS) is 10.2. The van der Waals surface area contributed by atoms with Crippen LogP contribution in [0.25, 0.3) is 0 Å². The first-order chi connectivity index (χ1) is 10.1. The highest BCUT2D eigenvalue weighted by atomic mass is 19.1. The molecule has 0 unspecified atom stereocenters. The Kier molecular flexibility index (Phi) is 4.37. The topological polar surface area (TPSA) is 68.5 Å². The lowest BCUT2D eigenvalue weighted by atomic mass is 10.2. The van der Waals surface area contributed by atoms with E-state index in [9.17, 15) is 9.18 Å². The van der Waals surface area contributed by atoms with Crippen molar-refractivity contribution in [3.63, 3.8) is 0 Å². The Morgan fingerprint density at radius 2 is 2.10 bits per heavy atom. The molecule has 21 heavy (non-hydrogen) atoms. The molecule has 0 radical (unpaired) electrons. The highest BCUT2D eigenvalue weighted by Crippen LogP contribution is 2.31. The lowest BCUT2D eigenvalue weighted by Crippen LogP contribution is -2.21. The van der Waals surface area contributed by atoms with Gasteiger partial charge in [0.1, 0.15) is 5.82 Å². The van der Waals surface area contributed by atoms with E-state index in [0.717, 1.165) is 0 Å². The molecule has 0 aliphatic heterocycles. The average molecular weight is 289 g/mol. The number of methoxy groups -OCH3 is 1. The predicted octanol–water partition coefficient (Wildman–Crippen LogP) is 2.75. The molecule has 110 valence electrons. The number of rotatable bonds is 4. The van der Waals surface area contributed by atoms with Crippen molar-refractivity contribution in [3.05, 3.63) is 47.9 Å². The monoisotopic (exact) mass is 289 g/mol. The number of aromatic nitrogens is 1. The molecule has 0 amide bonds. The second-order valence-corrected chi connectivity index (χ2v) is 4.28. The molecular formula is C15H16FN3O2. The van der Waals surface area contributed by atoms with Gasteiger partial charge < -0.3 is 15.4 Å². The van der Waals surface area contributed by atoms with Crippen molar-refractivity contribution in [1.29, 1.82) is 0 Å². The van der Waals surface area contributed by atoms with Gasteiger partial charge in [-0.25, -0.2) is 14.2 Å². The van der Waals surface area contributed by atoms with Gasteiger partial charge in [-0.3, -0.25) is 0 Å². The van der Waals surface area contributed by atoms with E-state index in [0.29, 0.717) is 18.1 Å². The van der Waals surface area contributed by atoms with Gasteiger partial charge >= 0.3 is 5.97 Å². The Balaban J connectivity index is 2.54. The highest BCUT2D eigenvalue weighted by Gasteiger charge is 2.20. The van der Waals surface area contributed by atoms with Crippen LogP contribution in [0.2, 0.25) is 0 Å². The summed E-state index contributed by atoms with van der Waals surface area (Å²) in [5, 5.41) is 0. The summed E-state index contributed by atoms with van der Waals surface area (Å²) in [5.74, 6) is -0.616. The third kappa shape index (κ3) is 2.79. The summed E-state index contributed by atoms with van der Waals surface area (Å²) >= 11 is 0. The number of carbonyl (C=O) groups is 1. The van der Waals surface area contributed by atoms with Crippen molar-refractivity contribution in [1.82, 2.24) is 4.98 Å². The molecule has 0 saturated heterocycles. The van der Waals surface area contributed by atoms with Crippen LogP contribution in [0.1, 0.15) is 17.3 Å². The van der Waals surface area contributed by atoms with E-state index < -0.39 is 5.97 Å². The Labute approximate surface area is 122 Å². The Morgan fingerprint density at radius 1 is 1.38 bits per heavy atom. The smallest absolute Gasteiger partial charge is 0.340 e. The minimum atomic E-state index is -0.555. The lowest BCUT2D eigenvalue weighted by Gasteiger charge is -2.24. The van der Waals surface area contributed by atoms with E-state index in [1.54, 1.807) is 23.1 Å². The molecule has 0 bridgehead atoms. The molecule has 1 aromatic heterocycles. The molecular weight excluding hydrogens is 273 g/mol. The van der Waals surface area contributed by atoms with Crippen molar-refractivity contribution < 1.29 is 13.9 Å². The fourth-order valence-corrected chi connectivity index (χ4v) is 2.07. The SMILES string of the molecule is CCN(c1ccccc1F)c1nccc(C(=O)OC)c1N. The lowest BCUT2D eigenvalue weighted by molar-refractivity contribution is 0.0602. The van der Waals surface area contributed by atoms with Gasteiger partial charge in [-0.05, 0) is 25.1 Å². The summed E-state index contributed by atoms with van der Waals surface area (Å²) in [6.45, 7) is 2.29. The molecule has 2 N–H and O–H groups in total. The fourth-order valence-electron chi connectivity index (χ4n) is 2.07. The number of carbonyl (C=O) groups excluding carboxylic acids is 1. The standard InChI is InChI=1S/C15H16FN3O2/c1-3-19(12-7-5-4-6-11(12)16)14-13(17)10(8-9-18-14)15(20)21-2/h4-9H,3,17H2,1-2H3. The molecule has 2 aromatic rings. The van der Waals surface area contributed by atoms with Gasteiger partial charge in [-0.2, -0.15) is 0 Å². The maximum atomic E-state index is 14.0. The van der Waals surface area contributed by atoms with Crippen molar-refractivity contribution in [2.75, 3.05) is 24.3 Å². The van der Waals surface area contributed by atoms with E-state index in [1.807, 2.05) is 6.92 Å². The Hall–Kier alpha value is -2.63. The van der Waals surface area contributed by atoms with Crippen LogP contribution in [0.3, 0.4) is 0 Å². The van der Waals surface area contributed by atoms with E-state index in [2.05, 4.69) is 9.72 Å². The van der Waals surface area contributed by atoms with Crippen LogP contribution in [0.15, 0.2) is 36.5 Å². The van der Waals surface area contributed by atoms with Gasteiger partial charge in [0.2, 0.25) is 0 Å². The average Bonchev–Trinajstić information content (AvgIpc) is 2.50. The maximum Gasteiger partial charge on any atom is 0.340 e. The van der Waals surface area contributed by atoms with Gasteiger partial charge in [-0.1, -0.05) is 12.1 Å². The summed E-state index contributed by atoms with van der Waals surface area (Å²) in [4.78, 5) is 17.5. The zero-order valence-electron chi connectivity index (χ0n) is 11.8. The first kappa shape index (κ1) is 14.8. The number of benzene rings is 1. The van der Waals surface area contributed by atoms with Crippen LogP contribution in [-0.4, -0.2) is 24.6 Å². The number of para-hydroxylation sites is 1. The third-order valence-electron chi connectivity index (χ3n) is 3.09. The highest BCUT2D eigenvalue weighted by molar-refractivity contribution is 5.98. The summed E-state index contributed by atoms with van der Waals surface area (Å²) in [5.41, 5.74) is 6.71. The molecule has 0 aliphatic carbocycles. The number of esters is 1. The van der Waals surface area contributed by atoms with Crippen molar-refractivity contribution in [3.8, 4) is 0 Å². The first-order valence-corrected chi connectivity index (χ1v) is 6.45. The molecule has 5 nitrogen and oxygen atoms in total. The van der Waals surface area contributed by atoms with Crippen molar-refractivity contribution in [2.24, 2.45) is 0 Å². The molecule has 6 heteroatoms. The van der Waals surface area contributed by atoms with E-state index in [1.165, 1.54) is 25.4 Å². The van der Waals surface area contributed by atoms with Crippen LogP contribution in [-0.2, 0) is 4.74 Å². The number of halogens is 1. The van der Waals surface area contributed by atoms with Crippen LogP contribution < -0.4 is 10.6 Å². The summed E-state index contributed by atoms with van der Waals surface area (Å²) in [6, 6.07) is 7.79. The number of nitrogens with two attached hydrogens (primary N) is 1. The van der Waals surface area contributed by atoms with E-state index in [-0.39, 0.29) is 17.1 Å². The van der Waals surface area contributed by atoms with Crippen molar-refractivity contribution >= 4 is 23.2 Å². The van der Waals surface area contributed by atoms with Gasteiger partial charge in [-0.15, -0.1) is 0 Å². The largest absolute Gasteiger partial charge is 0.465 e. The Bertz CT molecular complexity index is 661. The zero-order valence-corrected chi connectivity index (χ0v) is 11.8. The first-order valence-electron chi connectivity index (χ1n) is 6.45. The molecule has 1 heterocycles. The van der Waals surface area contributed by atoms with Gasteiger partial charge in [0.05, 0.1) is 24.0 Å².